The molecule has 1 fully saturated rings. The Morgan fingerprint density at radius 3 is 2.54 bits per heavy atom. The van der Waals surface area contributed by atoms with Crippen LogP contribution in [0.4, 0.5) is 13.9 Å². The Hall–Kier alpha value is -1.58. The maximum atomic E-state index is 13.6. The largest absolute Gasteiger partial charge is 0.348 e. The molecule has 9 heteroatoms. The third kappa shape index (κ3) is 3.73. The lowest BCUT2D eigenvalue weighted by Gasteiger charge is -2.12. The maximum Gasteiger partial charge on any atom is 0.246 e. The third-order valence-corrected chi connectivity index (χ3v) is 6.24. The lowest BCUT2D eigenvalue weighted by Crippen LogP contribution is -2.27. The summed E-state index contributed by atoms with van der Waals surface area (Å²) in [7, 11) is -4.24. The number of anilines is 1. The standard InChI is InChI=1S/C15H17F2N3O2S2/c16-12-4-3-5-13(17)14(12)24(21,22)18-7-6-11-10-23-15(19-11)20-8-1-2-9-20/h3-5,10,18H,1-2,6-9H2. The van der Waals surface area contributed by atoms with Crippen LogP contribution in [-0.2, 0) is 16.4 Å². The fourth-order valence-electron chi connectivity index (χ4n) is 2.59. The fourth-order valence-corrected chi connectivity index (χ4v) is 4.67. The number of nitrogens with one attached hydrogen (secondary N) is 1. The Labute approximate surface area is 143 Å². The monoisotopic (exact) mass is 373 g/mol. The molecule has 2 heterocycles. The molecule has 130 valence electrons. The highest BCUT2D eigenvalue weighted by Gasteiger charge is 2.23. The van der Waals surface area contributed by atoms with Gasteiger partial charge in [0.25, 0.3) is 0 Å². The van der Waals surface area contributed by atoms with Crippen LogP contribution >= 0.6 is 11.3 Å². The number of benzene rings is 1. The van der Waals surface area contributed by atoms with E-state index in [-0.39, 0.29) is 6.54 Å². The van der Waals surface area contributed by atoms with Crippen molar-refractivity contribution in [2.45, 2.75) is 24.2 Å². The zero-order valence-electron chi connectivity index (χ0n) is 12.8. The van der Waals surface area contributed by atoms with Gasteiger partial charge in [-0.15, -0.1) is 11.3 Å². The molecule has 1 aromatic carbocycles. The summed E-state index contributed by atoms with van der Waals surface area (Å²) >= 11 is 1.52. The van der Waals surface area contributed by atoms with Crippen molar-refractivity contribution < 1.29 is 17.2 Å². The number of hydrogen-bond donors (Lipinski definition) is 1. The number of sulfonamides is 1. The molecule has 0 amide bonds. The Kier molecular flexibility index (Phi) is 5.12. The van der Waals surface area contributed by atoms with Crippen LogP contribution in [0.15, 0.2) is 28.5 Å². The highest BCUT2D eigenvalue weighted by atomic mass is 32.2. The van der Waals surface area contributed by atoms with E-state index in [1.807, 2.05) is 5.38 Å². The van der Waals surface area contributed by atoms with E-state index in [1.165, 1.54) is 11.3 Å². The van der Waals surface area contributed by atoms with E-state index in [0.29, 0.717) is 6.42 Å². The molecule has 1 aromatic heterocycles. The molecule has 3 rings (SSSR count). The molecule has 0 unspecified atom stereocenters. The maximum absolute atomic E-state index is 13.6. The van der Waals surface area contributed by atoms with Crippen LogP contribution in [0.3, 0.4) is 0 Å². The van der Waals surface area contributed by atoms with Gasteiger partial charge in [0.05, 0.1) is 5.69 Å². The minimum atomic E-state index is -4.24. The number of nitrogens with zero attached hydrogens (tertiary/aromatic N) is 2. The quantitative estimate of drug-likeness (QED) is 0.845. The average Bonchev–Trinajstić information content (AvgIpc) is 3.17. The van der Waals surface area contributed by atoms with Crippen molar-refractivity contribution >= 4 is 26.5 Å². The first kappa shape index (κ1) is 17.2. The second-order valence-electron chi connectivity index (χ2n) is 5.51. The summed E-state index contributed by atoms with van der Waals surface area (Å²) in [5.74, 6) is -2.21. The van der Waals surface area contributed by atoms with E-state index in [1.54, 1.807) is 0 Å². The average molecular weight is 373 g/mol. The Morgan fingerprint density at radius 1 is 1.21 bits per heavy atom. The Bertz CT molecular complexity index is 798. The van der Waals surface area contributed by atoms with Gasteiger partial charge in [-0.3, -0.25) is 0 Å². The Morgan fingerprint density at radius 2 is 1.88 bits per heavy atom. The number of rotatable bonds is 6. The normalized spacial score (nSPS) is 15.2. The molecule has 1 N–H and O–H groups in total. The van der Waals surface area contributed by atoms with Crippen molar-refractivity contribution in [3.05, 3.63) is 40.9 Å². The lowest BCUT2D eigenvalue weighted by molar-refractivity contribution is 0.514. The van der Waals surface area contributed by atoms with Crippen molar-refractivity contribution in [1.29, 1.82) is 0 Å². The van der Waals surface area contributed by atoms with Gasteiger partial charge in [0.1, 0.15) is 11.6 Å². The summed E-state index contributed by atoms with van der Waals surface area (Å²) in [6.07, 6.45) is 2.67. The van der Waals surface area contributed by atoms with Gasteiger partial charge in [-0.1, -0.05) is 6.07 Å². The van der Waals surface area contributed by atoms with E-state index in [2.05, 4.69) is 14.6 Å². The summed E-state index contributed by atoms with van der Waals surface area (Å²) in [6.45, 7) is 2.01. The van der Waals surface area contributed by atoms with Crippen LogP contribution in [-0.4, -0.2) is 33.0 Å². The van der Waals surface area contributed by atoms with Gasteiger partial charge >= 0.3 is 0 Å². The molecule has 2 aromatic rings. The molecule has 0 saturated carbocycles. The first-order valence-corrected chi connectivity index (χ1v) is 9.97. The second kappa shape index (κ2) is 7.12. The summed E-state index contributed by atoms with van der Waals surface area (Å²) in [5.41, 5.74) is 0.763. The van der Waals surface area contributed by atoms with Gasteiger partial charge in [0.2, 0.25) is 10.0 Å². The minimum absolute atomic E-state index is 0.0271. The summed E-state index contributed by atoms with van der Waals surface area (Å²) < 4.78 is 53.5. The number of aromatic nitrogens is 1. The van der Waals surface area contributed by atoms with Gasteiger partial charge in [-0.2, -0.15) is 0 Å². The van der Waals surface area contributed by atoms with Crippen LogP contribution < -0.4 is 9.62 Å². The van der Waals surface area contributed by atoms with Crippen LogP contribution in [0.2, 0.25) is 0 Å². The third-order valence-electron chi connectivity index (χ3n) is 3.78. The zero-order valence-corrected chi connectivity index (χ0v) is 14.5. The molecule has 24 heavy (non-hydrogen) atoms. The Balaban J connectivity index is 1.61. The van der Waals surface area contributed by atoms with Crippen LogP contribution in [0.1, 0.15) is 18.5 Å². The van der Waals surface area contributed by atoms with E-state index in [0.717, 1.165) is 55.0 Å². The van der Waals surface area contributed by atoms with E-state index in [4.69, 9.17) is 0 Å². The number of hydrogen-bond acceptors (Lipinski definition) is 5. The van der Waals surface area contributed by atoms with Gasteiger partial charge in [-0.25, -0.2) is 26.9 Å². The predicted molar refractivity (Wildman–Crippen MR) is 88.8 cm³/mol. The summed E-state index contributed by atoms with van der Waals surface area (Å²) in [6, 6.07) is 2.96. The SMILES string of the molecule is O=S(=O)(NCCc1csc(N2CCCC2)n1)c1c(F)cccc1F. The highest BCUT2D eigenvalue weighted by molar-refractivity contribution is 7.89. The lowest BCUT2D eigenvalue weighted by atomic mass is 10.3. The van der Waals surface area contributed by atoms with E-state index >= 15 is 0 Å². The number of thiazole rings is 1. The van der Waals surface area contributed by atoms with Crippen molar-refractivity contribution in [1.82, 2.24) is 9.71 Å². The highest BCUT2D eigenvalue weighted by Crippen LogP contribution is 2.24. The summed E-state index contributed by atoms with van der Waals surface area (Å²) in [4.78, 5) is 5.74. The topological polar surface area (TPSA) is 62.3 Å². The van der Waals surface area contributed by atoms with Gasteiger partial charge in [0.15, 0.2) is 10.0 Å². The first-order chi connectivity index (χ1) is 11.5. The van der Waals surface area contributed by atoms with Crippen molar-refractivity contribution in [3.63, 3.8) is 0 Å². The molecule has 0 aliphatic carbocycles. The molecule has 0 bridgehead atoms. The second-order valence-corrected chi connectivity index (χ2v) is 8.05. The molecule has 5 nitrogen and oxygen atoms in total. The molecular weight excluding hydrogens is 356 g/mol. The molecule has 1 aliphatic rings. The molecule has 1 aliphatic heterocycles. The zero-order chi connectivity index (χ0) is 17.2. The van der Waals surface area contributed by atoms with Crippen LogP contribution in [0.25, 0.3) is 0 Å². The van der Waals surface area contributed by atoms with Gasteiger partial charge < -0.3 is 4.90 Å². The molecule has 0 atom stereocenters. The van der Waals surface area contributed by atoms with E-state index in [9.17, 15) is 17.2 Å². The first-order valence-electron chi connectivity index (χ1n) is 7.60. The van der Waals surface area contributed by atoms with E-state index < -0.39 is 26.6 Å². The van der Waals surface area contributed by atoms with Crippen molar-refractivity contribution in [2.24, 2.45) is 0 Å². The van der Waals surface area contributed by atoms with Crippen molar-refractivity contribution in [3.8, 4) is 0 Å². The fraction of sp³-hybridized carbons (Fsp3) is 0.400. The predicted octanol–water partition coefficient (Wildman–Crippen LogP) is 2.54. The van der Waals surface area contributed by atoms with Gasteiger partial charge in [0, 0.05) is 31.4 Å². The minimum Gasteiger partial charge on any atom is -0.348 e. The molecule has 0 radical (unpaired) electrons. The number of halogens is 2. The van der Waals surface area contributed by atoms with Crippen LogP contribution in [0.5, 0.6) is 0 Å². The van der Waals surface area contributed by atoms with Crippen LogP contribution in [0, 0.1) is 11.6 Å². The molecule has 1 saturated heterocycles. The molecule has 0 spiro atoms. The smallest absolute Gasteiger partial charge is 0.246 e. The molecular formula is C15H17F2N3O2S2. The van der Waals surface area contributed by atoms with Gasteiger partial charge in [-0.05, 0) is 25.0 Å². The van der Waals surface area contributed by atoms with Crippen molar-refractivity contribution in [2.75, 3.05) is 24.5 Å². The summed E-state index contributed by atoms with van der Waals surface area (Å²) in [5, 5.41) is 2.82.